The number of hydrogen-bond acceptors (Lipinski definition) is 5. The van der Waals surface area contributed by atoms with Crippen molar-refractivity contribution in [3.8, 4) is 6.07 Å². The molecule has 3 atom stereocenters. The van der Waals surface area contributed by atoms with E-state index in [1.807, 2.05) is 24.3 Å². The summed E-state index contributed by atoms with van der Waals surface area (Å²) in [6.45, 7) is 5.44. The van der Waals surface area contributed by atoms with Crippen molar-refractivity contribution in [2.45, 2.75) is 88.8 Å². The molecule has 1 spiro atoms. The van der Waals surface area contributed by atoms with Crippen LogP contribution < -0.4 is 10.6 Å². The van der Waals surface area contributed by atoms with E-state index in [1.165, 1.54) is 11.3 Å². The Bertz CT molecular complexity index is 1000. The number of fused-ring (bicyclic) bond motifs is 2. The molecule has 0 unspecified atom stereocenters. The second-order valence-electron chi connectivity index (χ2n) is 10.8. The quantitative estimate of drug-likeness (QED) is 0.700. The molecule has 0 radical (unpaired) electrons. The van der Waals surface area contributed by atoms with Crippen molar-refractivity contribution < 1.29 is 19.1 Å². The van der Waals surface area contributed by atoms with Gasteiger partial charge in [0.15, 0.2) is 0 Å². The predicted molar refractivity (Wildman–Crippen MR) is 127 cm³/mol. The van der Waals surface area contributed by atoms with Crippen molar-refractivity contribution in [2.24, 2.45) is 5.92 Å². The fraction of sp³-hybridized carbons (Fsp3) is 0.615. The van der Waals surface area contributed by atoms with Gasteiger partial charge in [-0.25, -0.2) is 4.79 Å². The van der Waals surface area contributed by atoms with E-state index in [0.29, 0.717) is 12.3 Å². The molecule has 3 amide bonds. The van der Waals surface area contributed by atoms with Crippen LogP contribution >= 0.6 is 0 Å². The van der Waals surface area contributed by atoms with Crippen LogP contribution in [0.25, 0.3) is 0 Å². The first-order valence-electron chi connectivity index (χ1n) is 12.2. The number of carbonyl (C=O) groups excluding carboxylic acids is 3. The smallest absolute Gasteiger partial charge is 0.408 e. The fourth-order valence-electron chi connectivity index (χ4n) is 5.61. The summed E-state index contributed by atoms with van der Waals surface area (Å²) in [5.74, 6) is -0.185. The van der Waals surface area contributed by atoms with Gasteiger partial charge in [0.25, 0.3) is 0 Å². The number of hydrogen-bond donors (Lipinski definition) is 2. The van der Waals surface area contributed by atoms with Gasteiger partial charge in [0.1, 0.15) is 17.7 Å². The minimum Gasteiger partial charge on any atom is -0.444 e. The van der Waals surface area contributed by atoms with Crippen molar-refractivity contribution in [3.63, 3.8) is 0 Å². The summed E-state index contributed by atoms with van der Waals surface area (Å²) in [6.07, 6.45) is 5.54. The van der Waals surface area contributed by atoms with Gasteiger partial charge in [0.05, 0.1) is 11.5 Å². The highest BCUT2D eigenvalue weighted by molar-refractivity contribution is 6.07. The number of likely N-dealkylation sites (tertiary alicyclic amines) is 1. The second kappa shape index (κ2) is 9.28. The Balaban J connectivity index is 1.58. The molecule has 8 nitrogen and oxygen atoms in total. The number of alkyl carbamates (subject to hydrolysis) is 1. The van der Waals surface area contributed by atoms with Gasteiger partial charge in [-0.15, -0.1) is 0 Å². The highest BCUT2D eigenvalue weighted by Crippen LogP contribution is 2.46. The molecule has 1 saturated carbocycles. The summed E-state index contributed by atoms with van der Waals surface area (Å²) in [4.78, 5) is 41.0. The average Bonchev–Trinajstić information content (AvgIpc) is 3.31. The molecule has 1 aromatic carbocycles. The molecule has 1 aliphatic carbocycles. The van der Waals surface area contributed by atoms with E-state index in [9.17, 15) is 19.6 Å². The lowest BCUT2D eigenvalue weighted by molar-refractivity contribution is -0.134. The number of nitrogens with zero attached hydrogens (tertiary/aromatic N) is 2. The lowest BCUT2D eigenvalue weighted by Gasteiger charge is -2.31. The molecule has 0 bridgehead atoms. The number of anilines is 1. The van der Waals surface area contributed by atoms with E-state index >= 15 is 0 Å². The molecular weight excluding hydrogens is 432 g/mol. The van der Waals surface area contributed by atoms with Crippen LogP contribution in [0.1, 0.15) is 71.3 Å². The van der Waals surface area contributed by atoms with Crippen molar-refractivity contribution >= 4 is 23.6 Å². The molecule has 3 aliphatic rings. The molecule has 1 aromatic rings. The first-order chi connectivity index (χ1) is 16.1. The number of nitriles is 1. The normalized spacial score (nSPS) is 25.4. The van der Waals surface area contributed by atoms with Gasteiger partial charge in [0.2, 0.25) is 11.8 Å². The van der Waals surface area contributed by atoms with Gasteiger partial charge in [0, 0.05) is 18.7 Å². The van der Waals surface area contributed by atoms with Gasteiger partial charge in [-0.3, -0.25) is 9.59 Å². The molecular formula is C26H34N4O4. The summed E-state index contributed by atoms with van der Waals surface area (Å²) in [5, 5.41) is 15.6. The first-order valence-corrected chi connectivity index (χ1v) is 12.2. The van der Waals surface area contributed by atoms with E-state index in [0.717, 1.165) is 36.9 Å². The van der Waals surface area contributed by atoms with Gasteiger partial charge >= 0.3 is 6.09 Å². The Labute approximate surface area is 201 Å². The van der Waals surface area contributed by atoms with Crippen LogP contribution in [0.3, 0.4) is 0 Å². The zero-order valence-electron chi connectivity index (χ0n) is 20.2. The minimum absolute atomic E-state index is 0.115. The van der Waals surface area contributed by atoms with Crippen LogP contribution in [-0.2, 0) is 19.7 Å². The molecule has 34 heavy (non-hydrogen) atoms. The van der Waals surface area contributed by atoms with Crippen molar-refractivity contribution in [2.75, 3.05) is 11.9 Å². The van der Waals surface area contributed by atoms with E-state index in [-0.39, 0.29) is 24.8 Å². The number of rotatable bonds is 4. The predicted octanol–water partition coefficient (Wildman–Crippen LogP) is 3.86. The number of ether oxygens (including phenoxy) is 1. The molecule has 182 valence electrons. The SMILES string of the molecule is CC(C)(C)OC(=O)N[C@@H](CC1CCCCC1)C(=O)N1C[C@]2(C[C@H]1C#N)C(=O)Nc1ccccc12. The van der Waals surface area contributed by atoms with Crippen LogP contribution in [0.2, 0.25) is 0 Å². The number of nitrogens with one attached hydrogen (secondary N) is 2. The third-order valence-electron chi connectivity index (χ3n) is 7.20. The van der Waals surface area contributed by atoms with E-state index in [4.69, 9.17) is 4.74 Å². The lowest BCUT2D eigenvalue weighted by Crippen LogP contribution is -2.52. The average molecular weight is 467 g/mol. The number of para-hydroxylation sites is 1. The standard InChI is InChI=1S/C26H34N4O4/c1-25(2,3)34-24(33)29-21(13-17-9-5-4-6-10-17)22(31)30-16-26(14-18(30)15-27)19-11-7-8-12-20(19)28-23(26)32/h7-8,11-12,17-18,21H,4-6,9-10,13-14,16H2,1-3H3,(H,28,32)(H,29,33)/t18-,21-,26-/m0/s1. The van der Waals surface area contributed by atoms with Crippen LogP contribution in [-0.4, -0.2) is 47.0 Å². The molecule has 1 saturated heterocycles. The first kappa shape index (κ1) is 24.1. The minimum atomic E-state index is -0.950. The number of carbonyl (C=O) groups is 3. The lowest BCUT2D eigenvalue weighted by atomic mass is 9.80. The summed E-state index contributed by atoms with van der Waals surface area (Å²) in [6, 6.07) is 8.11. The molecule has 2 heterocycles. The van der Waals surface area contributed by atoms with Crippen LogP contribution in [0, 0.1) is 17.2 Å². The maximum atomic E-state index is 13.8. The highest BCUT2D eigenvalue weighted by Gasteiger charge is 2.56. The van der Waals surface area contributed by atoms with Crippen molar-refractivity contribution in [3.05, 3.63) is 29.8 Å². The number of amides is 3. The van der Waals surface area contributed by atoms with Crippen molar-refractivity contribution in [1.29, 1.82) is 5.26 Å². The Hall–Kier alpha value is -3.08. The fourth-order valence-corrected chi connectivity index (χ4v) is 5.61. The van der Waals surface area contributed by atoms with E-state index in [2.05, 4.69) is 16.7 Å². The summed E-state index contributed by atoms with van der Waals surface area (Å²) in [5.41, 5.74) is -0.0988. The summed E-state index contributed by atoms with van der Waals surface area (Å²) >= 11 is 0. The molecule has 4 rings (SSSR count). The molecule has 2 fully saturated rings. The maximum Gasteiger partial charge on any atom is 0.408 e. The van der Waals surface area contributed by atoms with Gasteiger partial charge < -0.3 is 20.3 Å². The second-order valence-corrected chi connectivity index (χ2v) is 10.8. The highest BCUT2D eigenvalue weighted by atomic mass is 16.6. The van der Waals surface area contributed by atoms with E-state index < -0.39 is 29.2 Å². The van der Waals surface area contributed by atoms with Crippen LogP contribution in [0.15, 0.2) is 24.3 Å². The monoisotopic (exact) mass is 466 g/mol. The summed E-state index contributed by atoms with van der Waals surface area (Å²) in [7, 11) is 0. The van der Waals surface area contributed by atoms with Crippen LogP contribution in [0.5, 0.6) is 0 Å². The zero-order valence-corrected chi connectivity index (χ0v) is 20.2. The van der Waals surface area contributed by atoms with Crippen molar-refractivity contribution in [1.82, 2.24) is 10.2 Å². The Morgan fingerprint density at radius 3 is 2.65 bits per heavy atom. The largest absolute Gasteiger partial charge is 0.444 e. The third-order valence-corrected chi connectivity index (χ3v) is 7.20. The third kappa shape index (κ3) is 4.75. The molecule has 8 heteroatoms. The van der Waals surface area contributed by atoms with Gasteiger partial charge in [-0.2, -0.15) is 5.26 Å². The topological polar surface area (TPSA) is 112 Å². The zero-order chi connectivity index (χ0) is 24.5. The van der Waals surface area contributed by atoms with Crippen LogP contribution in [0.4, 0.5) is 10.5 Å². The van der Waals surface area contributed by atoms with Gasteiger partial charge in [-0.1, -0.05) is 50.3 Å². The molecule has 2 N–H and O–H groups in total. The van der Waals surface area contributed by atoms with E-state index in [1.54, 1.807) is 20.8 Å². The van der Waals surface area contributed by atoms with Gasteiger partial charge in [-0.05, 0) is 44.7 Å². The molecule has 2 aliphatic heterocycles. The molecule has 0 aromatic heterocycles. The number of benzene rings is 1. The Kier molecular flexibility index (Phi) is 6.57. The Morgan fingerprint density at radius 1 is 1.26 bits per heavy atom. The Morgan fingerprint density at radius 2 is 1.97 bits per heavy atom. The maximum absolute atomic E-state index is 13.8. The summed E-state index contributed by atoms with van der Waals surface area (Å²) < 4.78 is 5.43.